The molecule has 0 aliphatic rings. The standard InChI is InChI=1S/C10H13BrN4S/c1-3-13-9(8-5-12-6-16-8)10-7(11)4-14-15(10)2/h4-6,9,13H,3H2,1-2H3. The van der Waals surface area contributed by atoms with E-state index in [0.29, 0.717) is 0 Å². The van der Waals surface area contributed by atoms with Crippen molar-refractivity contribution in [1.29, 1.82) is 0 Å². The van der Waals surface area contributed by atoms with E-state index >= 15 is 0 Å². The summed E-state index contributed by atoms with van der Waals surface area (Å²) in [6.45, 7) is 3.00. The molecule has 0 aliphatic heterocycles. The molecule has 16 heavy (non-hydrogen) atoms. The predicted octanol–water partition coefficient (Wildman–Crippen LogP) is 2.34. The largest absolute Gasteiger partial charge is 0.305 e. The molecule has 0 aliphatic carbocycles. The SMILES string of the molecule is CCNC(c1cncs1)c1c(Br)cnn1C. The first-order chi connectivity index (χ1) is 7.74. The van der Waals surface area contributed by atoms with Crippen LogP contribution in [0.15, 0.2) is 22.4 Å². The monoisotopic (exact) mass is 300 g/mol. The molecule has 4 nitrogen and oxygen atoms in total. The number of thiazole rings is 1. The van der Waals surface area contributed by atoms with Gasteiger partial charge in [0.05, 0.1) is 27.9 Å². The minimum absolute atomic E-state index is 0.152. The smallest absolute Gasteiger partial charge is 0.0869 e. The lowest BCUT2D eigenvalue weighted by atomic mass is 10.2. The molecule has 6 heteroatoms. The molecule has 2 rings (SSSR count). The molecule has 0 bridgehead atoms. The highest BCUT2D eigenvalue weighted by Gasteiger charge is 2.20. The van der Waals surface area contributed by atoms with Crippen LogP contribution in [-0.4, -0.2) is 21.3 Å². The topological polar surface area (TPSA) is 42.7 Å². The van der Waals surface area contributed by atoms with E-state index in [9.17, 15) is 0 Å². The summed E-state index contributed by atoms with van der Waals surface area (Å²) < 4.78 is 2.91. The molecule has 1 unspecified atom stereocenters. The van der Waals surface area contributed by atoms with Crippen LogP contribution in [0, 0.1) is 0 Å². The Morgan fingerprint density at radius 1 is 1.56 bits per heavy atom. The third-order valence-corrected chi connectivity index (χ3v) is 3.81. The average Bonchev–Trinajstić information content (AvgIpc) is 2.87. The van der Waals surface area contributed by atoms with Crippen LogP contribution in [0.2, 0.25) is 0 Å². The number of halogens is 1. The Kier molecular flexibility index (Phi) is 3.73. The van der Waals surface area contributed by atoms with E-state index in [-0.39, 0.29) is 6.04 Å². The highest BCUT2D eigenvalue weighted by atomic mass is 79.9. The number of hydrogen-bond donors (Lipinski definition) is 1. The molecule has 1 atom stereocenters. The third kappa shape index (κ3) is 2.18. The van der Waals surface area contributed by atoms with E-state index in [0.717, 1.165) is 16.7 Å². The van der Waals surface area contributed by atoms with E-state index in [2.05, 4.69) is 38.3 Å². The minimum atomic E-state index is 0.152. The molecule has 0 amide bonds. The van der Waals surface area contributed by atoms with Crippen LogP contribution in [0.25, 0.3) is 0 Å². The van der Waals surface area contributed by atoms with Gasteiger partial charge in [-0.25, -0.2) is 0 Å². The zero-order chi connectivity index (χ0) is 11.5. The van der Waals surface area contributed by atoms with Crippen molar-refractivity contribution < 1.29 is 0 Å². The Labute approximate surface area is 107 Å². The lowest BCUT2D eigenvalue weighted by Gasteiger charge is -2.17. The van der Waals surface area contributed by atoms with Gasteiger partial charge in [-0.3, -0.25) is 9.67 Å². The molecule has 0 radical (unpaired) electrons. The molecule has 2 aromatic heterocycles. The minimum Gasteiger partial charge on any atom is -0.305 e. The molecule has 0 spiro atoms. The maximum absolute atomic E-state index is 4.24. The number of hydrogen-bond acceptors (Lipinski definition) is 4. The highest BCUT2D eigenvalue weighted by molar-refractivity contribution is 9.10. The number of aromatic nitrogens is 3. The number of rotatable bonds is 4. The Balaban J connectivity index is 2.40. The molecule has 0 aromatic carbocycles. The van der Waals surface area contributed by atoms with Crippen molar-refractivity contribution in [3.8, 4) is 0 Å². The number of aryl methyl sites for hydroxylation is 1. The normalized spacial score (nSPS) is 12.9. The average molecular weight is 301 g/mol. The van der Waals surface area contributed by atoms with Gasteiger partial charge in [-0.05, 0) is 22.5 Å². The quantitative estimate of drug-likeness (QED) is 0.942. The van der Waals surface area contributed by atoms with Crippen molar-refractivity contribution in [1.82, 2.24) is 20.1 Å². The first-order valence-electron chi connectivity index (χ1n) is 5.03. The van der Waals surface area contributed by atoms with Gasteiger partial charge >= 0.3 is 0 Å². The molecule has 2 heterocycles. The fraction of sp³-hybridized carbons (Fsp3) is 0.400. The number of nitrogens with zero attached hydrogens (tertiary/aromatic N) is 3. The third-order valence-electron chi connectivity index (χ3n) is 2.36. The molecule has 0 fully saturated rings. The Hall–Kier alpha value is -0.720. The zero-order valence-electron chi connectivity index (χ0n) is 9.14. The van der Waals surface area contributed by atoms with Gasteiger partial charge in [0.2, 0.25) is 0 Å². The van der Waals surface area contributed by atoms with Gasteiger partial charge in [0.1, 0.15) is 0 Å². The molecule has 1 N–H and O–H groups in total. The molecule has 86 valence electrons. The van der Waals surface area contributed by atoms with Gasteiger partial charge in [0.15, 0.2) is 0 Å². The van der Waals surface area contributed by atoms with E-state index in [1.165, 1.54) is 4.88 Å². The summed E-state index contributed by atoms with van der Waals surface area (Å²) in [7, 11) is 1.95. The van der Waals surface area contributed by atoms with Gasteiger partial charge in [-0.2, -0.15) is 5.10 Å². The summed E-state index contributed by atoms with van der Waals surface area (Å²) in [5, 5.41) is 7.69. The second-order valence-corrected chi connectivity index (χ2v) is 5.17. The van der Waals surface area contributed by atoms with Crippen molar-refractivity contribution in [3.05, 3.63) is 32.9 Å². The van der Waals surface area contributed by atoms with Crippen LogP contribution in [0.5, 0.6) is 0 Å². The van der Waals surface area contributed by atoms with Gasteiger partial charge < -0.3 is 5.32 Å². The summed E-state index contributed by atoms with van der Waals surface area (Å²) in [6, 6.07) is 0.152. The van der Waals surface area contributed by atoms with E-state index in [1.807, 2.05) is 29.6 Å². The maximum Gasteiger partial charge on any atom is 0.0869 e. The summed E-state index contributed by atoms with van der Waals surface area (Å²) in [5.74, 6) is 0. The van der Waals surface area contributed by atoms with Crippen molar-refractivity contribution in [2.75, 3.05) is 6.54 Å². The molecular weight excluding hydrogens is 288 g/mol. The fourth-order valence-corrected chi connectivity index (χ4v) is 2.92. The van der Waals surface area contributed by atoms with Crippen molar-refractivity contribution in [3.63, 3.8) is 0 Å². The summed E-state index contributed by atoms with van der Waals surface area (Å²) in [4.78, 5) is 5.33. The summed E-state index contributed by atoms with van der Waals surface area (Å²) in [5.41, 5.74) is 2.98. The first-order valence-corrected chi connectivity index (χ1v) is 6.70. The first kappa shape index (κ1) is 11.8. The van der Waals surface area contributed by atoms with Crippen LogP contribution < -0.4 is 5.32 Å². The van der Waals surface area contributed by atoms with Gasteiger partial charge in [0, 0.05) is 18.1 Å². The molecular formula is C10H13BrN4S. The molecule has 0 saturated heterocycles. The summed E-state index contributed by atoms with van der Waals surface area (Å²) >= 11 is 5.19. The number of nitrogens with one attached hydrogen (secondary N) is 1. The zero-order valence-corrected chi connectivity index (χ0v) is 11.5. The highest BCUT2D eigenvalue weighted by Crippen LogP contribution is 2.29. The van der Waals surface area contributed by atoms with Crippen LogP contribution >= 0.6 is 27.3 Å². The summed E-state index contributed by atoms with van der Waals surface area (Å²) in [6.07, 6.45) is 3.72. The molecule has 0 saturated carbocycles. The van der Waals surface area contributed by atoms with Crippen molar-refractivity contribution in [2.45, 2.75) is 13.0 Å². The van der Waals surface area contributed by atoms with E-state index in [4.69, 9.17) is 0 Å². The van der Waals surface area contributed by atoms with E-state index < -0.39 is 0 Å². The Morgan fingerprint density at radius 3 is 2.88 bits per heavy atom. The lowest BCUT2D eigenvalue weighted by Crippen LogP contribution is -2.23. The van der Waals surface area contributed by atoms with Gasteiger partial charge in [-0.15, -0.1) is 11.3 Å². The predicted molar refractivity (Wildman–Crippen MR) is 68.5 cm³/mol. The molecule has 2 aromatic rings. The second-order valence-electron chi connectivity index (χ2n) is 3.40. The Morgan fingerprint density at radius 2 is 2.38 bits per heavy atom. The van der Waals surface area contributed by atoms with Gasteiger partial charge in [-0.1, -0.05) is 6.92 Å². The Bertz CT molecular complexity index is 432. The maximum atomic E-state index is 4.24. The van der Waals surface area contributed by atoms with Crippen LogP contribution in [-0.2, 0) is 7.05 Å². The van der Waals surface area contributed by atoms with Gasteiger partial charge in [0.25, 0.3) is 0 Å². The van der Waals surface area contributed by atoms with Crippen LogP contribution in [0.3, 0.4) is 0 Å². The van der Waals surface area contributed by atoms with E-state index in [1.54, 1.807) is 11.3 Å². The van der Waals surface area contributed by atoms with Crippen molar-refractivity contribution >= 4 is 27.3 Å². The van der Waals surface area contributed by atoms with Crippen LogP contribution in [0.1, 0.15) is 23.5 Å². The van der Waals surface area contributed by atoms with Crippen molar-refractivity contribution in [2.24, 2.45) is 7.05 Å². The second kappa shape index (κ2) is 5.07. The van der Waals surface area contributed by atoms with Crippen LogP contribution in [0.4, 0.5) is 0 Å². The lowest BCUT2D eigenvalue weighted by molar-refractivity contribution is 0.577. The fourth-order valence-electron chi connectivity index (χ4n) is 1.65.